The summed E-state index contributed by atoms with van der Waals surface area (Å²) in [4.78, 5) is 28.2. The van der Waals surface area contributed by atoms with E-state index in [-0.39, 0.29) is 23.3 Å². The van der Waals surface area contributed by atoms with Gasteiger partial charge in [-0.05, 0) is 6.42 Å². The van der Waals surface area contributed by atoms with Gasteiger partial charge in [0.25, 0.3) is 0 Å². The third-order valence-corrected chi connectivity index (χ3v) is 2.99. The van der Waals surface area contributed by atoms with Gasteiger partial charge in [-0.15, -0.1) is 0 Å². The minimum absolute atomic E-state index is 0.0804. The Morgan fingerprint density at radius 1 is 1.24 bits per heavy atom. The molecule has 112 valence electrons. The number of hydrogen-bond acceptors (Lipinski definition) is 7. The van der Waals surface area contributed by atoms with Crippen LogP contribution in [0.5, 0.6) is 5.88 Å². The fraction of sp³-hybridized carbons (Fsp3) is 0.500. The lowest BCUT2D eigenvalue weighted by atomic mass is 10.2. The number of nitrogen functional groups attached to an aromatic ring is 1. The number of rotatable bonds is 7. The van der Waals surface area contributed by atoms with Crippen molar-refractivity contribution in [2.75, 3.05) is 12.3 Å². The molecule has 2 N–H and O–H groups in total. The average Bonchev–Trinajstić information content (AvgIpc) is 2.50. The number of Topliss-reactive ketones (excluding diaryl/α,β-unsaturated/α-hetero) is 1. The molecule has 0 aromatic carbocycles. The number of anilines is 1. The zero-order valence-electron chi connectivity index (χ0n) is 12.3. The van der Waals surface area contributed by atoms with Crippen LogP contribution in [0.3, 0.4) is 0 Å². The van der Waals surface area contributed by atoms with E-state index in [9.17, 15) is 4.79 Å². The Morgan fingerprint density at radius 2 is 2.05 bits per heavy atom. The Kier molecular flexibility index (Phi) is 4.97. The van der Waals surface area contributed by atoms with Crippen LogP contribution in [0, 0.1) is 0 Å². The van der Waals surface area contributed by atoms with Crippen LogP contribution in [0.1, 0.15) is 50.0 Å². The normalized spacial score (nSPS) is 10.8. The quantitative estimate of drug-likeness (QED) is 0.615. The van der Waals surface area contributed by atoms with Gasteiger partial charge in [0.05, 0.1) is 12.8 Å². The van der Waals surface area contributed by atoms with Crippen molar-refractivity contribution in [3.05, 3.63) is 11.9 Å². The maximum Gasteiger partial charge on any atom is 0.247 e. The number of carbonyl (C=O) groups is 1. The summed E-state index contributed by atoms with van der Waals surface area (Å²) in [6, 6.07) is 0. The molecule has 0 saturated heterocycles. The Bertz CT molecular complexity index is 645. The van der Waals surface area contributed by atoms with Crippen molar-refractivity contribution in [2.45, 2.75) is 39.5 Å². The number of nitrogens with zero attached hydrogens (tertiary/aromatic N) is 4. The number of aromatic nitrogens is 4. The van der Waals surface area contributed by atoms with Crippen LogP contribution < -0.4 is 10.5 Å². The van der Waals surface area contributed by atoms with Crippen molar-refractivity contribution < 1.29 is 9.53 Å². The van der Waals surface area contributed by atoms with Gasteiger partial charge in [-0.1, -0.05) is 26.7 Å². The summed E-state index contributed by atoms with van der Waals surface area (Å²) in [5, 5.41) is 0. The molecular weight excluding hydrogens is 270 g/mol. The lowest BCUT2D eigenvalue weighted by Gasteiger charge is -2.08. The number of fused-ring (bicyclic) bond motifs is 1. The van der Waals surface area contributed by atoms with Gasteiger partial charge in [-0.25, -0.2) is 9.97 Å². The van der Waals surface area contributed by atoms with Crippen LogP contribution in [-0.4, -0.2) is 32.3 Å². The van der Waals surface area contributed by atoms with Crippen LogP contribution in [0.15, 0.2) is 6.20 Å². The van der Waals surface area contributed by atoms with Crippen molar-refractivity contribution in [1.29, 1.82) is 0 Å². The van der Waals surface area contributed by atoms with Crippen LogP contribution in [0.25, 0.3) is 11.2 Å². The minimum atomic E-state index is -0.0850. The third kappa shape index (κ3) is 3.62. The van der Waals surface area contributed by atoms with Gasteiger partial charge < -0.3 is 10.5 Å². The molecule has 2 aromatic heterocycles. The molecule has 7 nitrogen and oxygen atoms in total. The van der Waals surface area contributed by atoms with Gasteiger partial charge in [0.1, 0.15) is 5.69 Å². The zero-order valence-corrected chi connectivity index (χ0v) is 12.3. The zero-order chi connectivity index (χ0) is 15.2. The topological polar surface area (TPSA) is 104 Å². The van der Waals surface area contributed by atoms with E-state index in [2.05, 4.69) is 26.9 Å². The molecule has 0 unspecified atom stereocenters. The van der Waals surface area contributed by atoms with Crippen LogP contribution in [-0.2, 0) is 0 Å². The fourth-order valence-electron chi connectivity index (χ4n) is 1.84. The van der Waals surface area contributed by atoms with E-state index in [4.69, 9.17) is 10.5 Å². The second kappa shape index (κ2) is 6.92. The van der Waals surface area contributed by atoms with Crippen molar-refractivity contribution in [1.82, 2.24) is 19.9 Å². The van der Waals surface area contributed by atoms with E-state index < -0.39 is 0 Å². The van der Waals surface area contributed by atoms with E-state index in [1.165, 1.54) is 6.20 Å². The number of ether oxygens (including phenoxy) is 1. The highest BCUT2D eigenvalue weighted by atomic mass is 16.5. The molecule has 0 radical (unpaired) electrons. The number of unbranched alkanes of at least 4 members (excludes halogenated alkanes) is 2. The smallest absolute Gasteiger partial charge is 0.247 e. The number of nitrogens with two attached hydrogens (primary N) is 1. The Hall–Kier alpha value is -2.31. The third-order valence-electron chi connectivity index (χ3n) is 2.99. The van der Waals surface area contributed by atoms with Crippen LogP contribution in [0.4, 0.5) is 5.95 Å². The first kappa shape index (κ1) is 15.1. The average molecular weight is 289 g/mol. The summed E-state index contributed by atoms with van der Waals surface area (Å²) in [7, 11) is 0. The summed E-state index contributed by atoms with van der Waals surface area (Å²) in [5.74, 6) is 0.280. The summed E-state index contributed by atoms with van der Waals surface area (Å²) in [5.41, 5.74) is 6.64. The molecule has 0 aliphatic rings. The number of ketones is 1. The Labute approximate surface area is 123 Å². The molecule has 0 amide bonds. The van der Waals surface area contributed by atoms with E-state index >= 15 is 0 Å². The van der Waals surface area contributed by atoms with E-state index in [1.54, 1.807) is 6.92 Å². The molecule has 0 aliphatic carbocycles. The van der Waals surface area contributed by atoms with Crippen molar-refractivity contribution in [3.63, 3.8) is 0 Å². The first-order valence-corrected chi connectivity index (χ1v) is 7.12. The molecular formula is C14H19N5O2. The van der Waals surface area contributed by atoms with Gasteiger partial charge >= 0.3 is 0 Å². The monoisotopic (exact) mass is 289 g/mol. The molecule has 2 aromatic rings. The highest BCUT2D eigenvalue weighted by molar-refractivity contribution is 5.95. The summed E-state index contributed by atoms with van der Waals surface area (Å²) in [6.45, 7) is 4.41. The van der Waals surface area contributed by atoms with E-state index in [0.29, 0.717) is 24.2 Å². The van der Waals surface area contributed by atoms with Crippen molar-refractivity contribution in [3.8, 4) is 5.88 Å². The van der Waals surface area contributed by atoms with Gasteiger partial charge in [0, 0.05) is 6.42 Å². The van der Waals surface area contributed by atoms with Crippen LogP contribution in [0.2, 0.25) is 0 Å². The second-order valence-electron chi connectivity index (χ2n) is 4.65. The predicted octanol–water partition coefficient (Wildman–Crippen LogP) is 2.16. The SMILES string of the molecule is CCCCCOc1nc(N)nc2ncc(C(=O)CC)nc12. The second-order valence-corrected chi connectivity index (χ2v) is 4.65. The van der Waals surface area contributed by atoms with E-state index in [0.717, 1.165) is 19.3 Å². The van der Waals surface area contributed by atoms with Gasteiger partial charge in [0.2, 0.25) is 11.8 Å². The van der Waals surface area contributed by atoms with Gasteiger partial charge in [-0.3, -0.25) is 4.79 Å². The molecule has 21 heavy (non-hydrogen) atoms. The molecule has 0 saturated carbocycles. The first-order chi connectivity index (χ1) is 10.2. The summed E-state index contributed by atoms with van der Waals surface area (Å²) < 4.78 is 5.63. The molecule has 0 fully saturated rings. The molecule has 0 bridgehead atoms. The first-order valence-electron chi connectivity index (χ1n) is 7.12. The van der Waals surface area contributed by atoms with Crippen molar-refractivity contribution in [2.24, 2.45) is 0 Å². The van der Waals surface area contributed by atoms with Gasteiger partial charge in [-0.2, -0.15) is 9.97 Å². The molecule has 0 atom stereocenters. The Morgan fingerprint density at radius 3 is 2.76 bits per heavy atom. The maximum absolute atomic E-state index is 11.7. The van der Waals surface area contributed by atoms with Crippen molar-refractivity contribution >= 4 is 22.9 Å². The number of carbonyl (C=O) groups excluding carboxylic acids is 1. The lowest BCUT2D eigenvalue weighted by Crippen LogP contribution is -2.08. The molecule has 2 heterocycles. The molecule has 0 aliphatic heterocycles. The summed E-state index contributed by atoms with van der Waals surface area (Å²) in [6.07, 6.45) is 4.86. The summed E-state index contributed by atoms with van der Waals surface area (Å²) >= 11 is 0. The molecule has 7 heteroatoms. The predicted molar refractivity (Wildman–Crippen MR) is 79.2 cm³/mol. The van der Waals surface area contributed by atoms with E-state index in [1.807, 2.05) is 0 Å². The Balaban J connectivity index is 2.34. The largest absolute Gasteiger partial charge is 0.476 e. The highest BCUT2D eigenvalue weighted by Crippen LogP contribution is 2.20. The van der Waals surface area contributed by atoms with Gasteiger partial charge in [0.15, 0.2) is 16.9 Å². The molecule has 2 rings (SSSR count). The minimum Gasteiger partial charge on any atom is -0.476 e. The van der Waals surface area contributed by atoms with Crippen LogP contribution >= 0.6 is 0 Å². The highest BCUT2D eigenvalue weighted by Gasteiger charge is 2.14. The fourth-order valence-corrected chi connectivity index (χ4v) is 1.84. The molecule has 0 spiro atoms. The standard InChI is InChI=1S/C14H19N5O2/c1-3-5-6-7-21-13-11-12(18-14(15)19-13)16-8-9(17-11)10(20)4-2/h8H,3-7H2,1-2H3,(H2,15,16,18,19). The number of hydrogen-bond donors (Lipinski definition) is 1. The lowest BCUT2D eigenvalue weighted by molar-refractivity contribution is 0.0983. The maximum atomic E-state index is 11.7.